The number of benzene rings is 2. The number of allylic oxidation sites excluding steroid dienone is 1. The molecule has 2 aromatic rings. The fourth-order valence-electron chi connectivity index (χ4n) is 5.60. The van der Waals surface area contributed by atoms with Crippen LogP contribution in [0.1, 0.15) is 92.7 Å². The van der Waals surface area contributed by atoms with Crippen LogP contribution in [0.2, 0.25) is 0 Å². The number of ether oxygens (including phenoxy) is 1. The molecule has 3 aliphatic rings. The summed E-state index contributed by atoms with van der Waals surface area (Å²) in [6.45, 7) is 8.44. The highest BCUT2D eigenvalue weighted by molar-refractivity contribution is 5.41. The summed E-state index contributed by atoms with van der Waals surface area (Å²) in [5.74, 6) is 1.19. The number of halogens is 6. The minimum atomic E-state index is -4.74. The first kappa shape index (κ1) is 34.0. The molecule has 2 aliphatic heterocycles. The number of hydrogen-bond donors (Lipinski definition) is 1. The van der Waals surface area contributed by atoms with Crippen molar-refractivity contribution in [2.45, 2.75) is 95.6 Å². The van der Waals surface area contributed by atoms with E-state index in [1.165, 1.54) is 19.3 Å². The Morgan fingerprint density at radius 2 is 1.60 bits per heavy atom. The number of hydrogen-bond acceptors (Lipinski definition) is 3. The van der Waals surface area contributed by atoms with Crippen molar-refractivity contribution in [2.75, 3.05) is 20.2 Å². The summed E-state index contributed by atoms with van der Waals surface area (Å²) in [5.41, 5.74) is -0.539. The quantitative estimate of drug-likeness (QED) is 0.275. The maximum absolute atomic E-state index is 13.7. The van der Waals surface area contributed by atoms with Crippen molar-refractivity contribution in [3.8, 4) is 5.75 Å². The van der Waals surface area contributed by atoms with Crippen LogP contribution in [0.3, 0.4) is 0 Å². The Hall–Kier alpha value is -2.52. The van der Waals surface area contributed by atoms with Crippen LogP contribution in [0.4, 0.5) is 26.3 Å². The predicted octanol–water partition coefficient (Wildman–Crippen LogP) is 9.18. The zero-order chi connectivity index (χ0) is 31.1. The average molecular weight is 600 g/mol. The van der Waals surface area contributed by atoms with E-state index in [-0.39, 0.29) is 5.56 Å². The molecule has 2 aromatic carbocycles. The van der Waals surface area contributed by atoms with Gasteiger partial charge in [-0.3, -0.25) is 4.90 Å². The molecule has 234 valence electrons. The lowest BCUT2D eigenvalue weighted by Crippen LogP contribution is -2.41. The Morgan fingerprint density at radius 1 is 0.905 bits per heavy atom. The van der Waals surface area contributed by atoms with Crippen LogP contribution in [-0.4, -0.2) is 35.8 Å². The van der Waals surface area contributed by atoms with Crippen LogP contribution in [-0.2, 0) is 25.2 Å². The summed E-state index contributed by atoms with van der Waals surface area (Å²) in [7, 11) is 1.00. The van der Waals surface area contributed by atoms with Crippen molar-refractivity contribution in [3.05, 3.63) is 76.9 Å². The fourth-order valence-corrected chi connectivity index (χ4v) is 5.60. The van der Waals surface area contributed by atoms with Gasteiger partial charge in [-0.25, -0.2) is 0 Å². The normalized spacial score (nSPS) is 21.8. The molecule has 1 spiro atoms. The van der Waals surface area contributed by atoms with Crippen LogP contribution in [0.25, 0.3) is 0 Å². The zero-order valence-corrected chi connectivity index (χ0v) is 24.8. The van der Waals surface area contributed by atoms with Gasteiger partial charge in [-0.05, 0) is 98.9 Å². The summed E-state index contributed by atoms with van der Waals surface area (Å²) in [4.78, 5) is 1.86. The molecule has 0 amide bonds. The molecule has 2 heterocycles. The van der Waals surface area contributed by atoms with Crippen LogP contribution in [0, 0.1) is 5.92 Å². The molecular formula is C33H43F6NO2. The number of nitrogens with zero attached hydrogens (tertiary/aromatic N) is 1. The molecule has 1 saturated carbocycles. The SMILES string of the molecule is C1CC1.C=CC(C)Cc1ccc2c(c1)OC1(CCCN(C(C)c3cc(C(F)(F)F)ccc3C(F)(F)F)CC1)CC2.CO. The molecule has 3 unspecified atom stereocenters. The molecule has 1 saturated heterocycles. The summed E-state index contributed by atoms with van der Waals surface area (Å²) >= 11 is 0. The lowest BCUT2D eigenvalue weighted by Gasteiger charge is -2.39. The van der Waals surface area contributed by atoms with E-state index in [0.29, 0.717) is 50.0 Å². The van der Waals surface area contributed by atoms with Crippen LogP contribution in [0.15, 0.2) is 49.1 Å². The van der Waals surface area contributed by atoms with Gasteiger partial charge in [0, 0.05) is 19.7 Å². The number of likely N-dealkylation sites (tertiary alicyclic amines) is 1. The number of aliphatic hydroxyl groups excluding tert-OH is 1. The van der Waals surface area contributed by atoms with E-state index in [4.69, 9.17) is 9.84 Å². The summed E-state index contributed by atoms with van der Waals surface area (Å²) in [5, 5.41) is 7.00. The lowest BCUT2D eigenvalue weighted by molar-refractivity contribution is -0.142. The molecule has 0 bridgehead atoms. The van der Waals surface area contributed by atoms with E-state index in [1.54, 1.807) is 6.92 Å². The van der Waals surface area contributed by atoms with E-state index in [1.807, 2.05) is 11.0 Å². The van der Waals surface area contributed by atoms with E-state index < -0.39 is 35.1 Å². The largest absolute Gasteiger partial charge is 0.487 e. The monoisotopic (exact) mass is 599 g/mol. The van der Waals surface area contributed by atoms with Crippen molar-refractivity contribution in [1.82, 2.24) is 4.90 Å². The lowest BCUT2D eigenvalue weighted by atomic mass is 9.84. The molecule has 3 atom stereocenters. The third kappa shape index (κ3) is 8.99. The number of rotatable bonds is 5. The van der Waals surface area contributed by atoms with Gasteiger partial charge >= 0.3 is 12.4 Å². The second-order valence-corrected chi connectivity index (χ2v) is 11.6. The Morgan fingerprint density at radius 3 is 2.19 bits per heavy atom. The van der Waals surface area contributed by atoms with Gasteiger partial charge in [-0.15, -0.1) is 6.58 Å². The Bertz CT molecular complexity index is 1170. The zero-order valence-electron chi connectivity index (χ0n) is 24.8. The van der Waals surface area contributed by atoms with E-state index in [9.17, 15) is 26.3 Å². The maximum Gasteiger partial charge on any atom is 0.416 e. The highest BCUT2D eigenvalue weighted by Crippen LogP contribution is 2.43. The number of alkyl halides is 6. The smallest absolute Gasteiger partial charge is 0.416 e. The van der Waals surface area contributed by atoms with Gasteiger partial charge in [0.15, 0.2) is 0 Å². The van der Waals surface area contributed by atoms with Crippen LogP contribution < -0.4 is 4.74 Å². The molecule has 42 heavy (non-hydrogen) atoms. The minimum Gasteiger partial charge on any atom is -0.487 e. The first-order chi connectivity index (χ1) is 19.8. The third-order valence-corrected chi connectivity index (χ3v) is 8.24. The van der Waals surface area contributed by atoms with E-state index in [2.05, 4.69) is 31.7 Å². The molecule has 0 radical (unpaired) electrons. The van der Waals surface area contributed by atoms with Crippen LogP contribution >= 0.6 is 0 Å². The fraction of sp³-hybridized carbons (Fsp3) is 0.576. The van der Waals surface area contributed by atoms with Gasteiger partial charge in [0.05, 0.1) is 11.1 Å². The van der Waals surface area contributed by atoms with Crippen molar-refractivity contribution in [2.24, 2.45) is 5.92 Å². The number of aliphatic hydroxyl groups is 1. The predicted molar refractivity (Wildman–Crippen MR) is 153 cm³/mol. The molecule has 2 fully saturated rings. The molecule has 0 aromatic heterocycles. The van der Waals surface area contributed by atoms with E-state index >= 15 is 0 Å². The number of fused-ring (bicyclic) bond motifs is 1. The molecule has 1 N–H and O–H groups in total. The second-order valence-electron chi connectivity index (χ2n) is 11.6. The van der Waals surface area contributed by atoms with E-state index in [0.717, 1.165) is 49.7 Å². The Balaban J connectivity index is 0.000000891. The summed E-state index contributed by atoms with van der Waals surface area (Å²) < 4.78 is 87.7. The van der Waals surface area contributed by atoms with Crippen molar-refractivity contribution >= 4 is 0 Å². The molecular weight excluding hydrogens is 556 g/mol. The van der Waals surface area contributed by atoms with Crippen molar-refractivity contribution in [3.63, 3.8) is 0 Å². The highest BCUT2D eigenvalue weighted by atomic mass is 19.4. The molecule has 5 rings (SSSR count). The topological polar surface area (TPSA) is 32.7 Å². The molecule has 1 aliphatic carbocycles. The van der Waals surface area contributed by atoms with Gasteiger partial charge < -0.3 is 9.84 Å². The minimum absolute atomic E-state index is 0.334. The van der Waals surface area contributed by atoms with Gasteiger partial charge in [-0.1, -0.05) is 44.4 Å². The Labute approximate surface area is 245 Å². The maximum atomic E-state index is 13.7. The highest BCUT2D eigenvalue weighted by Gasteiger charge is 2.41. The second kappa shape index (κ2) is 14.3. The number of aryl methyl sites for hydroxylation is 1. The standard InChI is InChI=1S/C29H33F6NO.C3H6.CH4O/c1-4-19(2)16-21-6-7-22-10-12-27(37-26(22)17-21)11-5-14-36(15-13-27)20(3)24-18-23(28(30,31)32)8-9-25(24)29(33,34)35;1-2-3-1;1-2/h4,6-9,17-20H,1,5,10-16H2,2-3H3;1-3H2;2H,1H3. The molecule has 9 heteroatoms. The summed E-state index contributed by atoms with van der Waals surface area (Å²) in [6.07, 6.45) is 1.52. The first-order valence-corrected chi connectivity index (χ1v) is 14.7. The van der Waals surface area contributed by atoms with Gasteiger partial charge in [-0.2, -0.15) is 26.3 Å². The average Bonchev–Trinajstić information content (AvgIpc) is 3.84. The van der Waals surface area contributed by atoms with Gasteiger partial charge in [0.2, 0.25) is 0 Å². The first-order valence-electron chi connectivity index (χ1n) is 14.7. The van der Waals surface area contributed by atoms with Crippen LogP contribution in [0.5, 0.6) is 5.75 Å². The van der Waals surface area contributed by atoms with Gasteiger partial charge in [0.25, 0.3) is 0 Å². The summed E-state index contributed by atoms with van der Waals surface area (Å²) in [6, 6.07) is 7.20. The Kier molecular flexibility index (Phi) is 11.6. The van der Waals surface area contributed by atoms with Crippen molar-refractivity contribution < 1.29 is 36.2 Å². The van der Waals surface area contributed by atoms with Gasteiger partial charge in [0.1, 0.15) is 11.4 Å². The van der Waals surface area contributed by atoms with Crippen molar-refractivity contribution in [1.29, 1.82) is 0 Å². The molecule has 3 nitrogen and oxygen atoms in total. The third-order valence-electron chi connectivity index (χ3n) is 8.24.